The zero-order valence-electron chi connectivity index (χ0n) is 17.8. The normalized spacial score (nSPS) is 15.7. The summed E-state index contributed by atoms with van der Waals surface area (Å²) in [6.45, 7) is 4.49. The Bertz CT molecular complexity index is 1390. The summed E-state index contributed by atoms with van der Waals surface area (Å²) in [5.74, 6) is 0. The molecule has 0 radical (unpaired) electrons. The first-order valence-corrected chi connectivity index (χ1v) is 10.7. The highest BCUT2D eigenvalue weighted by Crippen LogP contribution is 2.26. The number of benzene rings is 1. The zero-order valence-corrected chi connectivity index (χ0v) is 17.8. The van der Waals surface area contributed by atoms with Crippen molar-refractivity contribution in [1.29, 1.82) is 0 Å². The summed E-state index contributed by atoms with van der Waals surface area (Å²) in [4.78, 5) is 36.7. The van der Waals surface area contributed by atoms with Gasteiger partial charge < -0.3 is 4.57 Å². The fraction of sp³-hybridized carbons (Fsp3) is 0.333. The molecule has 4 heterocycles. The third kappa shape index (κ3) is 3.45. The first kappa shape index (κ1) is 19.6. The van der Waals surface area contributed by atoms with Crippen LogP contribution < -0.4 is 11.1 Å². The second-order valence-electron chi connectivity index (χ2n) is 8.36. The number of piperidine rings is 1. The predicted molar refractivity (Wildman–Crippen MR) is 121 cm³/mol. The molecule has 0 amide bonds. The fourth-order valence-corrected chi connectivity index (χ4v) is 4.67. The topological polar surface area (TPSA) is 73.0 Å². The van der Waals surface area contributed by atoms with Gasteiger partial charge in [0.15, 0.2) is 5.65 Å². The number of likely N-dealkylation sites (tertiary alicyclic amines) is 1. The van der Waals surface area contributed by atoms with Gasteiger partial charge >= 0.3 is 11.1 Å². The van der Waals surface area contributed by atoms with Crippen molar-refractivity contribution >= 4 is 21.9 Å². The Balaban J connectivity index is 1.42. The summed E-state index contributed by atoms with van der Waals surface area (Å²) in [5, 5.41) is 2.38. The van der Waals surface area contributed by atoms with E-state index < -0.39 is 11.1 Å². The van der Waals surface area contributed by atoms with Crippen LogP contribution in [-0.4, -0.2) is 37.1 Å². The van der Waals surface area contributed by atoms with E-state index >= 15 is 0 Å². The third-order valence-electron chi connectivity index (χ3n) is 6.38. The van der Waals surface area contributed by atoms with Gasteiger partial charge in [-0.3, -0.25) is 24.0 Å². The van der Waals surface area contributed by atoms with E-state index in [1.54, 1.807) is 11.6 Å². The summed E-state index contributed by atoms with van der Waals surface area (Å²) >= 11 is 0. The highest BCUT2D eigenvalue weighted by molar-refractivity contribution is 5.84. The van der Waals surface area contributed by atoms with Gasteiger partial charge in [-0.05, 0) is 48.9 Å². The van der Waals surface area contributed by atoms with E-state index in [1.165, 1.54) is 15.5 Å². The van der Waals surface area contributed by atoms with Crippen molar-refractivity contribution in [3.63, 3.8) is 0 Å². The minimum absolute atomic E-state index is 0.0221. The molecule has 0 N–H and O–H groups in total. The van der Waals surface area contributed by atoms with Gasteiger partial charge in [0.2, 0.25) is 0 Å². The minimum atomic E-state index is -0.495. The average Bonchev–Trinajstić information content (AvgIpc) is 2.79. The van der Waals surface area contributed by atoms with Gasteiger partial charge in [-0.2, -0.15) is 0 Å². The first-order chi connectivity index (χ1) is 15.0. The SMILES string of the molecule is Cc1ccc2c(n1)n(C1CCN(Cc3cccc4cnccc34)CC1)c(=O)c(=O)n2C. The summed E-state index contributed by atoms with van der Waals surface area (Å²) in [6, 6.07) is 12.1. The van der Waals surface area contributed by atoms with Gasteiger partial charge in [0.05, 0.1) is 5.52 Å². The molecule has 1 aromatic carbocycles. The second kappa shape index (κ2) is 7.74. The van der Waals surface area contributed by atoms with Gasteiger partial charge in [0, 0.05) is 56.2 Å². The van der Waals surface area contributed by atoms with Crippen LogP contribution in [0.2, 0.25) is 0 Å². The lowest BCUT2D eigenvalue weighted by atomic mass is 10.0. The molecule has 0 spiro atoms. The summed E-state index contributed by atoms with van der Waals surface area (Å²) in [7, 11) is 1.63. The van der Waals surface area contributed by atoms with Gasteiger partial charge in [0.25, 0.3) is 0 Å². The van der Waals surface area contributed by atoms with E-state index in [1.807, 2.05) is 31.5 Å². The Hall–Kier alpha value is -3.32. The van der Waals surface area contributed by atoms with Crippen molar-refractivity contribution in [2.45, 2.75) is 32.4 Å². The van der Waals surface area contributed by atoms with Crippen molar-refractivity contribution in [2.24, 2.45) is 7.05 Å². The Kier molecular flexibility index (Phi) is 4.90. The number of hydrogen-bond acceptors (Lipinski definition) is 5. The maximum atomic E-state index is 12.9. The highest BCUT2D eigenvalue weighted by Gasteiger charge is 2.25. The molecule has 1 saturated heterocycles. The lowest BCUT2D eigenvalue weighted by Gasteiger charge is -2.33. The van der Waals surface area contributed by atoms with Gasteiger partial charge in [0.1, 0.15) is 0 Å². The third-order valence-corrected chi connectivity index (χ3v) is 6.38. The smallest absolute Gasteiger partial charge is 0.304 e. The van der Waals surface area contributed by atoms with Crippen molar-refractivity contribution in [3.05, 3.63) is 80.8 Å². The quantitative estimate of drug-likeness (QED) is 0.481. The average molecular weight is 415 g/mol. The van der Waals surface area contributed by atoms with Crippen molar-refractivity contribution in [2.75, 3.05) is 13.1 Å². The van der Waals surface area contributed by atoms with Crippen LogP contribution in [0.4, 0.5) is 0 Å². The van der Waals surface area contributed by atoms with E-state index in [0.29, 0.717) is 11.2 Å². The number of aryl methyl sites for hydroxylation is 2. The van der Waals surface area contributed by atoms with Crippen LogP contribution in [-0.2, 0) is 13.6 Å². The van der Waals surface area contributed by atoms with Gasteiger partial charge in [-0.25, -0.2) is 4.98 Å². The van der Waals surface area contributed by atoms with Gasteiger partial charge in [-0.15, -0.1) is 0 Å². The molecular weight excluding hydrogens is 390 g/mol. The molecule has 31 heavy (non-hydrogen) atoms. The Morgan fingerprint density at radius 1 is 1.03 bits per heavy atom. The molecule has 3 aromatic heterocycles. The van der Waals surface area contributed by atoms with Crippen LogP contribution in [0.5, 0.6) is 0 Å². The number of rotatable bonds is 3. The molecule has 7 nitrogen and oxygen atoms in total. The van der Waals surface area contributed by atoms with Crippen LogP contribution in [0.25, 0.3) is 21.9 Å². The maximum absolute atomic E-state index is 12.9. The summed E-state index contributed by atoms with van der Waals surface area (Å²) in [6.07, 6.45) is 5.35. The molecule has 5 rings (SSSR count). The fourth-order valence-electron chi connectivity index (χ4n) is 4.67. The maximum Gasteiger partial charge on any atom is 0.318 e. The molecule has 4 aromatic rings. The molecule has 158 valence electrons. The zero-order chi connectivity index (χ0) is 21.5. The minimum Gasteiger partial charge on any atom is -0.304 e. The van der Waals surface area contributed by atoms with Crippen LogP contribution in [0.3, 0.4) is 0 Å². The van der Waals surface area contributed by atoms with Crippen LogP contribution in [0.15, 0.2) is 58.4 Å². The molecule has 1 aliphatic heterocycles. The number of fused-ring (bicyclic) bond motifs is 2. The Morgan fingerprint density at radius 3 is 2.65 bits per heavy atom. The monoisotopic (exact) mass is 415 g/mol. The number of nitrogens with zero attached hydrogens (tertiary/aromatic N) is 5. The molecule has 1 aliphatic rings. The molecule has 0 atom stereocenters. The second-order valence-corrected chi connectivity index (χ2v) is 8.36. The lowest BCUT2D eigenvalue weighted by molar-refractivity contribution is 0.180. The van der Waals surface area contributed by atoms with E-state index in [9.17, 15) is 9.59 Å². The van der Waals surface area contributed by atoms with Crippen LogP contribution >= 0.6 is 0 Å². The van der Waals surface area contributed by atoms with Crippen molar-refractivity contribution in [1.82, 2.24) is 24.0 Å². The Labute approximate surface area is 179 Å². The molecule has 7 heteroatoms. The molecule has 1 fully saturated rings. The van der Waals surface area contributed by atoms with Crippen molar-refractivity contribution < 1.29 is 0 Å². The van der Waals surface area contributed by atoms with Gasteiger partial charge in [-0.1, -0.05) is 18.2 Å². The molecule has 0 aliphatic carbocycles. The van der Waals surface area contributed by atoms with E-state index in [-0.39, 0.29) is 6.04 Å². The van der Waals surface area contributed by atoms with E-state index in [4.69, 9.17) is 0 Å². The number of aromatic nitrogens is 4. The van der Waals surface area contributed by atoms with Crippen LogP contribution in [0.1, 0.15) is 30.1 Å². The standard InChI is InChI=1S/C24H25N5O2/c1-16-6-7-21-22(26-16)29(24(31)23(30)27(21)2)19-9-12-28(13-10-19)15-18-5-3-4-17-14-25-11-8-20(17)18/h3-8,11,14,19H,9-10,12-13,15H2,1-2H3. The highest BCUT2D eigenvalue weighted by atomic mass is 16.2. The molecule has 0 unspecified atom stereocenters. The molecule has 0 bridgehead atoms. The molecule has 0 saturated carbocycles. The summed E-state index contributed by atoms with van der Waals surface area (Å²) < 4.78 is 3.05. The Morgan fingerprint density at radius 2 is 1.84 bits per heavy atom. The lowest BCUT2D eigenvalue weighted by Crippen LogP contribution is -2.45. The number of pyridine rings is 2. The largest absolute Gasteiger partial charge is 0.318 e. The van der Waals surface area contributed by atoms with E-state index in [0.717, 1.165) is 43.6 Å². The summed E-state index contributed by atoms with van der Waals surface area (Å²) in [5.41, 5.74) is 2.45. The van der Waals surface area contributed by atoms with Crippen LogP contribution in [0, 0.1) is 6.92 Å². The van der Waals surface area contributed by atoms with E-state index in [2.05, 4.69) is 39.1 Å². The number of hydrogen-bond donors (Lipinski definition) is 0. The van der Waals surface area contributed by atoms with Crippen molar-refractivity contribution in [3.8, 4) is 0 Å². The first-order valence-electron chi connectivity index (χ1n) is 10.7. The predicted octanol–water partition coefficient (Wildman–Crippen LogP) is 2.79. The molecular formula is C24H25N5O2.